The van der Waals surface area contributed by atoms with E-state index >= 15 is 0 Å². The van der Waals surface area contributed by atoms with Gasteiger partial charge in [-0.2, -0.15) is 0 Å². The van der Waals surface area contributed by atoms with Gasteiger partial charge in [0.25, 0.3) is 0 Å². The van der Waals surface area contributed by atoms with Crippen LogP contribution in [0.4, 0.5) is 8.78 Å². The summed E-state index contributed by atoms with van der Waals surface area (Å²) in [6.07, 6.45) is 0.683. The summed E-state index contributed by atoms with van der Waals surface area (Å²) in [4.78, 5) is 36.9. The first-order valence-electron chi connectivity index (χ1n) is 9.42. The van der Waals surface area contributed by atoms with Gasteiger partial charge in [0.2, 0.25) is 11.8 Å². The molecule has 29 heavy (non-hydrogen) atoms. The summed E-state index contributed by atoms with van der Waals surface area (Å²) in [5.41, 5.74) is 0.848. The molecule has 154 valence electrons. The van der Waals surface area contributed by atoms with Crippen LogP contribution in [0.25, 0.3) is 0 Å². The fourth-order valence-electron chi connectivity index (χ4n) is 2.93. The molecule has 0 aromatic heterocycles. The van der Waals surface area contributed by atoms with Gasteiger partial charge < -0.3 is 0 Å². The summed E-state index contributed by atoms with van der Waals surface area (Å²) >= 11 is 0. The van der Waals surface area contributed by atoms with Crippen LogP contribution < -0.4 is 10.6 Å². The van der Waals surface area contributed by atoms with E-state index in [2.05, 4.69) is 10.6 Å². The molecule has 0 saturated heterocycles. The zero-order valence-corrected chi connectivity index (χ0v) is 16.4. The van der Waals surface area contributed by atoms with Crippen LogP contribution in [0.2, 0.25) is 0 Å². The van der Waals surface area contributed by atoms with Gasteiger partial charge in [-0.1, -0.05) is 37.3 Å². The number of carbonyl (C=O) groups is 3. The normalized spacial score (nSPS) is 12.8. The molecule has 0 aliphatic carbocycles. The molecule has 0 aliphatic heterocycles. The molecule has 2 atom stereocenters. The molecule has 0 bridgehead atoms. The molecule has 0 aliphatic rings. The maximum Gasteiger partial charge on any atom is 0.243 e. The predicted molar refractivity (Wildman–Crippen MR) is 105 cm³/mol. The number of nitrogens with one attached hydrogen (secondary N) is 2. The maximum atomic E-state index is 13.2. The van der Waals surface area contributed by atoms with Crippen LogP contribution in [0, 0.1) is 11.6 Å². The number of rotatable bonds is 9. The van der Waals surface area contributed by atoms with Crippen molar-refractivity contribution in [3.8, 4) is 0 Å². The molecule has 0 saturated carbocycles. The number of imide groups is 1. The summed E-state index contributed by atoms with van der Waals surface area (Å²) < 4.78 is 26.5. The van der Waals surface area contributed by atoms with E-state index in [0.717, 1.165) is 17.7 Å². The second kappa shape index (κ2) is 10.6. The van der Waals surface area contributed by atoms with Gasteiger partial charge in [0.05, 0.1) is 18.5 Å². The molecule has 0 radical (unpaired) electrons. The van der Waals surface area contributed by atoms with Crippen molar-refractivity contribution in [2.24, 2.45) is 0 Å². The highest BCUT2D eigenvalue weighted by atomic mass is 19.1. The average Bonchev–Trinajstić information content (AvgIpc) is 2.65. The van der Waals surface area contributed by atoms with E-state index in [1.807, 2.05) is 13.0 Å². The Balaban J connectivity index is 2.01. The van der Waals surface area contributed by atoms with Crippen molar-refractivity contribution in [3.05, 3.63) is 71.3 Å². The van der Waals surface area contributed by atoms with Crippen molar-refractivity contribution in [2.45, 2.75) is 45.2 Å². The fraction of sp³-hybridized carbons (Fsp3) is 0.318. The number of Topliss-reactive ketones (excluding diaryl/α,β-unsaturated/α-hetero) is 1. The van der Waals surface area contributed by atoms with Crippen molar-refractivity contribution in [2.75, 3.05) is 0 Å². The highest BCUT2D eigenvalue weighted by molar-refractivity contribution is 5.98. The van der Waals surface area contributed by atoms with Crippen LogP contribution in [0.15, 0.2) is 48.5 Å². The van der Waals surface area contributed by atoms with Crippen LogP contribution in [0.3, 0.4) is 0 Å². The monoisotopic (exact) mass is 402 g/mol. The van der Waals surface area contributed by atoms with E-state index in [9.17, 15) is 23.2 Å². The molecule has 2 aromatic rings. The van der Waals surface area contributed by atoms with Gasteiger partial charge in [0.1, 0.15) is 11.6 Å². The third kappa shape index (κ3) is 6.87. The predicted octanol–water partition coefficient (Wildman–Crippen LogP) is 3.24. The summed E-state index contributed by atoms with van der Waals surface area (Å²) in [5.74, 6) is -2.97. The lowest BCUT2D eigenvalue weighted by Gasteiger charge is -2.22. The maximum absolute atomic E-state index is 13.2. The largest absolute Gasteiger partial charge is 0.298 e. The van der Waals surface area contributed by atoms with Crippen molar-refractivity contribution in [3.63, 3.8) is 0 Å². The van der Waals surface area contributed by atoms with E-state index < -0.39 is 35.5 Å². The van der Waals surface area contributed by atoms with Crippen LogP contribution in [0.1, 0.15) is 43.9 Å². The van der Waals surface area contributed by atoms with Crippen LogP contribution in [-0.2, 0) is 20.8 Å². The summed E-state index contributed by atoms with van der Waals surface area (Å²) in [7, 11) is 0. The van der Waals surface area contributed by atoms with Crippen molar-refractivity contribution >= 4 is 17.6 Å². The lowest BCUT2D eigenvalue weighted by atomic mass is 9.99. The smallest absolute Gasteiger partial charge is 0.243 e. The standard InChI is InChI=1S/C22H24F2N2O3/c1-3-7-19(27)21(16-8-5-4-6-9-16)25-14(2)22(29)26-20(28)12-15-10-17(23)13-18(24)11-15/h4-6,8-11,13-14,21,25H,3,7,12H2,1-2H3,(H,26,28,29)/t14-,21?/m0/s1. The molecule has 2 amide bonds. The van der Waals surface area contributed by atoms with E-state index in [1.54, 1.807) is 31.2 Å². The number of benzene rings is 2. The Morgan fingerprint density at radius 3 is 2.21 bits per heavy atom. The summed E-state index contributed by atoms with van der Waals surface area (Å²) in [5, 5.41) is 5.17. The van der Waals surface area contributed by atoms with Crippen LogP contribution in [0.5, 0.6) is 0 Å². The van der Waals surface area contributed by atoms with E-state index in [0.29, 0.717) is 18.9 Å². The zero-order chi connectivity index (χ0) is 21.4. The van der Waals surface area contributed by atoms with Crippen molar-refractivity contribution in [1.82, 2.24) is 10.6 Å². The zero-order valence-electron chi connectivity index (χ0n) is 16.4. The molecular formula is C22H24F2N2O3. The number of amides is 2. The Morgan fingerprint density at radius 2 is 1.62 bits per heavy atom. The molecule has 0 heterocycles. The lowest BCUT2D eigenvalue weighted by molar-refractivity contribution is -0.131. The van der Waals surface area contributed by atoms with Gasteiger partial charge in [0.15, 0.2) is 5.78 Å². The molecule has 2 rings (SSSR count). The number of ketones is 1. The number of halogens is 2. The fourth-order valence-corrected chi connectivity index (χ4v) is 2.93. The first-order chi connectivity index (χ1) is 13.8. The first kappa shape index (κ1) is 22.4. The highest BCUT2D eigenvalue weighted by Crippen LogP contribution is 2.17. The Kier molecular flexibility index (Phi) is 8.15. The number of hydrogen-bond donors (Lipinski definition) is 2. The minimum Gasteiger partial charge on any atom is -0.298 e. The molecule has 0 fully saturated rings. The number of hydrogen-bond acceptors (Lipinski definition) is 4. The van der Waals surface area contributed by atoms with Gasteiger partial charge in [-0.15, -0.1) is 0 Å². The third-order valence-corrected chi connectivity index (χ3v) is 4.31. The van der Waals surface area contributed by atoms with Crippen molar-refractivity contribution in [1.29, 1.82) is 0 Å². The van der Waals surface area contributed by atoms with Gasteiger partial charge in [-0.05, 0) is 36.6 Å². The first-order valence-corrected chi connectivity index (χ1v) is 9.42. The van der Waals surface area contributed by atoms with Crippen LogP contribution in [-0.4, -0.2) is 23.6 Å². The Bertz CT molecular complexity index is 851. The molecular weight excluding hydrogens is 378 g/mol. The van der Waals surface area contributed by atoms with Gasteiger partial charge in [-0.3, -0.25) is 25.0 Å². The second-order valence-corrected chi connectivity index (χ2v) is 6.82. The molecule has 5 nitrogen and oxygen atoms in total. The Labute approximate surface area is 168 Å². The second-order valence-electron chi connectivity index (χ2n) is 6.82. The Morgan fingerprint density at radius 1 is 1.00 bits per heavy atom. The molecule has 2 N–H and O–H groups in total. The molecule has 2 aromatic carbocycles. The van der Waals surface area contributed by atoms with E-state index in [1.165, 1.54) is 0 Å². The lowest BCUT2D eigenvalue weighted by Crippen LogP contribution is -2.47. The van der Waals surface area contributed by atoms with E-state index in [-0.39, 0.29) is 17.8 Å². The molecule has 0 spiro atoms. The topological polar surface area (TPSA) is 75.3 Å². The van der Waals surface area contributed by atoms with Gasteiger partial charge in [-0.25, -0.2) is 8.78 Å². The molecule has 1 unspecified atom stereocenters. The van der Waals surface area contributed by atoms with E-state index in [4.69, 9.17) is 0 Å². The third-order valence-electron chi connectivity index (χ3n) is 4.31. The summed E-state index contributed by atoms with van der Waals surface area (Å²) in [6.45, 7) is 3.43. The summed E-state index contributed by atoms with van der Waals surface area (Å²) in [6, 6.07) is 10.3. The van der Waals surface area contributed by atoms with Crippen LogP contribution >= 0.6 is 0 Å². The van der Waals surface area contributed by atoms with Gasteiger partial charge in [0, 0.05) is 12.5 Å². The highest BCUT2D eigenvalue weighted by Gasteiger charge is 2.25. The van der Waals surface area contributed by atoms with Crippen molar-refractivity contribution < 1.29 is 23.2 Å². The van der Waals surface area contributed by atoms with Gasteiger partial charge >= 0.3 is 0 Å². The number of carbonyl (C=O) groups excluding carboxylic acids is 3. The minimum absolute atomic E-state index is 0.0556. The SMILES string of the molecule is CCCC(=O)C(N[C@@H](C)C(=O)NC(=O)Cc1cc(F)cc(F)c1)c1ccccc1. The minimum atomic E-state index is -0.839. The quantitative estimate of drug-likeness (QED) is 0.675. The average molecular weight is 402 g/mol. The molecule has 7 heteroatoms. The Hall–Kier alpha value is -2.93.